The van der Waals surface area contributed by atoms with E-state index in [0.29, 0.717) is 16.3 Å². The molecule has 0 aliphatic carbocycles. The van der Waals surface area contributed by atoms with Crippen LogP contribution in [0.2, 0.25) is 5.02 Å². The van der Waals surface area contributed by atoms with Gasteiger partial charge in [-0.25, -0.2) is 9.69 Å². The number of benzene rings is 2. The third-order valence-electron chi connectivity index (χ3n) is 3.18. The number of imide groups is 1. The number of urea groups is 1. The highest BCUT2D eigenvalue weighted by atomic mass is 35.5. The van der Waals surface area contributed by atoms with E-state index in [-0.39, 0.29) is 11.4 Å². The fourth-order valence-corrected chi connectivity index (χ4v) is 2.32. The standard InChI is InChI=1S/C16H11ClN2O3/c17-11-6-7-14(20)10(8-11)9-13-15(21)19(16(22)18-13)12-4-2-1-3-5-12/h1-9,20H,(H,18,22)/b13-9+. The lowest BCUT2D eigenvalue weighted by Crippen LogP contribution is -2.30. The van der Waals surface area contributed by atoms with E-state index in [4.69, 9.17) is 11.6 Å². The summed E-state index contributed by atoms with van der Waals surface area (Å²) in [6, 6.07) is 12.5. The molecule has 0 radical (unpaired) electrons. The first-order chi connectivity index (χ1) is 10.6. The van der Waals surface area contributed by atoms with Gasteiger partial charge in [-0.15, -0.1) is 0 Å². The minimum absolute atomic E-state index is 0.0305. The molecule has 0 atom stereocenters. The molecule has 6 heteroatoms. The first-order valence-corrected chi connectivity index (χ1v) is 6.85. The zero-order valence-electron chi connectivity index (χ0n) is 11.3. The van der Waals surface area contributed by atoms with Crippen molar-refractivity contribution in [3.05, 3.63) is 64.8 Å². The molecule has 0 unspecified atom stereocenters. The molecule has 1 saturated heterocycles. The van der Waals surface area contributed by atoms with E-state index >= 15 is 0 Å². The Labute approximate surface area is 131 Å². The summed E-state index contributed by atoms with van der Waals surface area (Å²) in [5.41, 5.74) is 0.904. The van der Waals surface area contributed by atoms with Crippen LogP contribution >= 0.6 is 11.6 Å². The molecule has 5 nitrogen and oxygen atoms in total. The molecule has 2 aromatic carbocycles. The zero-order chi connectivity index (χ0) is 15.7. The fraction of sp³-hybridized carbons (Fsp3) is 0. The maximum atomic E-state index is 12.4. The highest BCUT2D eigenvalue weighted by Crippen LogP contribution is 2.26. The Bertz CT molecular complexity index is 787. The largest absolute Gasteiger partial charge is 0.507 e. The molecule has 110 valence electrons. The van der Waals surface area contributed by atoms with Crippen LogP contribution in [-0.2, 0) is 4.79 Å². The number of phenolic OH excluding ortho intramolecular Hbond substituents is 1. The maximum absolute atomic E-state index is 12.4. The number of hydrogen-bond donors (Lipinski definition) is 2. The number of phenols is 1. The van der Waals surface area contributed by atoms with Gasteiger partial charge in [0.25, 0.3) is 5.91 Å². The molecule has 1 fully saturated rings. The Hall–Kier alpha value is -2.79. The molecule has 0 aromatic heterocycles. The summed E-state index contributed by atoms with van der Waals surface area (Å²) >= 11 is 5.87. The van der Waals surface area contributed by atoms with Gasteiger partial charge in [0.2, 0.25) is 0 Å². The van der Waals surface area contributed by atoms with E-state index in [1.165, 1.54) is 24.3 Å². The average Bonchev–Trinajstić information content (AvgIpc) is 2.78. The third kappa shape index (κ3) is 2.54. The predicted octanol–water partition coefficient (Wildman–Crippen LogP) is 3.14. The summed E-state index contributed by atoms with van der Waals surface area (Å²) in [4.78, 5) is 25.4. The Kier molecular flexibility index (Phi) is 3.56. The van der Waals surface area contributed by atoms with Crippen LogP contribution in [0.5, 0.6) is 5.75 Å². The lowest BCUT2D eigenvalue weighted by Gasteiger charge is -2.10. The molecule has 1 aliphatic heterocycles. The van der Waals surface area contributed by atoms with E-state index < -0.39 is 11.9 Å². The van der Waals surface area contributed by atoms with Crippen molar-refractivity contribution in [1.82, 2.24) is 5.32 Å². The van der Waals surface area contributed by atoms with Gasteiger partial charge in [0.15, 0.2) is 0 Å². The number of carbonyl (C=O) groups is 2. The molecule has 22 heavy (non-hydrogen) atoms. The number of amides is 3. The van der Waals surface area contributed by atoms with Crippen LogP contribution in [-0.4, -0.2) is 17.0 Å². The lowest BCUT2D eigenvalue weighted by molar-refractivity contribution is -0.113. The average molecular weight is 315 g/mol. The van der Waals surface area contributed by atoms with Gasteiger partial charge in [-0.1, -0.05) is 29.8 Å². The molecule has 0 spiro atoms. The van der Waals surface area contributed by atoms with Crippen LogP contribution < -0.4 is 10.2 Å². The van der Waals surface area contributed by atoms with Crippen LogP contribution in [0.25, 0.3) is 6.08 Å². The van der Waals surface area contributed by atoms with Crippen molar-refractivity contribution >= 4 is 35.3 Å². The molecule has 1 aliphatic rings. The summed E-state index contributed by atoms with van der Waals surface area (Å²) in [5.74, 6) is -0.521. The van der Waals surface area contributed by atoms with Gasteiger partial charge in [-0.2, -0.15) is 0 Å². The van der Waals surface area contributed by atoms with Gasteiger partial charge in [0, 0.05) is 10.6 Å². The van der Waals surface area contributed by atoms with E-state index in [1.807, 2.05) is 0 Å². The number of anilines is 1. The second kappa shape index (κ2) is 5.54. The maximum Gasteiger partial charge on any atom is 0.333 e. The molecular formula is C16H11ClN2O3. The monoisotopic (exact) mass is 314 g/mol. The van der Waals surface area contributed by atoms with Gasteiger partial charge < -0.3 is 10.4 Å². The van der Waals surface area contributed by atoms with E-state index in [2.05, 4.69) is 5.32 Å². The highest BCUT2D eigenvalue weighted by Gasteiger charge is 2.34. The molecule has 1 heterocycles. The van der Waals surface area contributed by atoms with Gasteiger partial charge in [-0.3, -0.25) is 4.79 Å². The van der Waals surface area contributed by atoms with E-state index in [0.717, 1.165) is 4.90 Å². The van der Waals surface area contributed by atoms with Crippen molar-refractivity contribution in [3.8, 4) is 5.75 Å². The third-order valence-corrected chi connectivity index (χ3v) is 3.42. The molecule has 2 aromatic rings. The quantitative estimate of drug-likeness (QED) is 0.661. The predicted molar refractivity (Wildman–Crippen MR) is 83.6 cm³/mol. The number of hydrogen-bond acceptors (Lipinski definition) is 3. The topological polar surface area (TPSA) is 69.6 Å². The van der Waals surface area contributed by atoms with Gasteiger partial charge in [-0.05, 0) is 36.4 Å². The Morgan fingerprint density at radius 3 is 2.55 bits per heavy atom. The second-order valence-corrected chi connectivity index (χ2v) is 5.10. The van der Waals surface area contributed by atoms with Crippen molar-refractivity contribution < 1.29 is 14.7 Å². The Morgan fingerprint density at radius 2 is 1.82 bits per heavy atom. The first kappa shape index (κ1) is 14.2. The summed E-state index contributed by atoms with van der Waals surface area (Å²) in [6.07, 6.45) is 1.39. The molecule has 3 amide bonds. The Morgan fingerprint density at radius 1 is 1.09 bits per heavy atom. The minimum atomic E-state index is -0.538. The van der Waals surface area contributed by atoms with Crippen LogP contribution in [0.3, 0.4) is 0 Å². The molecular weight excluding hydrogens is 304 g/mol. The minimum Gasteiger partial charge on any atom is -0.507 e. The van der Waals surface area contributed by atoms with Crippen LogP contribution in [0.4, 0.5) is 10.5 Å². The van der Waals surface area contributed by atoms with Gasteiger partial charge in [0.1, 0.15) is 11.4 Å². The van der Waals surface area contributed by atoms with Crippen LogP contribution in [0, 0.1) is 0 Å². The Balaban J connectivity index is 1.97. The molecule has 0 saturated carbocycles. The SMILES string of the molecule is O=C1N/C(=C/c2cc(Cl)ccc2O)C(=O)N1c1ccccc1. The van der Waals surface area contributed by atoms with E-state index in [9.17, 15) is 14.7 Å². The first-order valence-electron chi connectivity index (χ1n) is 6.47. The molecule has 0 bridgehead atoms. The summed E-state index contributed by atoms with van der Waals surface area (Å²) in [6.45, 7) is 0. The van der Waals surface area contributed by atoms with Gasteiger partial charge in [0.05, 0.1) is 5.69 Å². The number of rotatable bonds is 2. The number of halogens is 1. The zero-order valence-corrected chi connectivity index (χ0v) is 12.0. The van der Waals surface area contributed by atoms with Crippen molar-refractivity contribution in [1.29, 1.82) is 0 Å². The lowest BCUT2D eigenvalue weighted by atomic mass is 10.1. The van der Waals surface area contributed by atoms with Crippen LogP contribution in [0.15, 0.2) is 54.2 Å². The van der Waals surface area contributed by atoms with Crippen molar-refractivity contribution in [2.75, 3.05) is 4.90 Å². The summed E-state index contributed by atoms with van der Waals surface area (Å²) in [5, 5.41) is 12.7. The smallest absolute Gasteiger partial charge is 0.333 e. The number of nitrogens with one attached hydrogen (secondary N) is 1. The highest BCUT2D eigenvalue weighted by molar-refractivity contribution is 6.31. The normalized spacial score (nSPS) is 16.2. The molecule has 3 rings (SSSR count). The van der Waals surface area contributed by atoms with E-state index in [1.54, 1.807) is 30.3 Å². The number of nitrogens with zero attached hydrogens (tertiary/aromatic N) is 1. The van der Waals surface area contributed by atoms with Crippen molar-refractivity contribution in [2.45, 2.75) is 0 Å². The van der Waals surface area contributed by atoms with Gasteiger partial charge >= 0.3 is 6.03 Å². The number of aromatic hydroxyl groups is 1. The van der Waals surface area contributed by atoms with Crippen molar-refractivity contribution in [2.24, 2.45) is 0 Å². The number of para-hydroxylation sites is 1. The second-order valence-electron chi connectivity index (χ2n) is 4.67. The summed E-state index contributed by atoms with van der Waals surface area (Å²) < 4.78 is 0. The van der Waals surface area contributed by atoms with Crippen LogP contribution in [0.1, 0.15) is 5.56 Å². The fourth-order valence-electron chi connectivity index (χ4n) is 2.14. The number of carbonyl (C=O) groups excluding carboxylic acids is 2. The molecule has 2 N–H and O–H groups in total. The van der Waals surface area contributed by atoms with Crippen molar-refractivity contribution in [3.63, 3.8) is 0 Å². The summed E-state index contributed by atoms with van der Waals surface area (Å²) in [7, 11) is 0.